The molecule has 0 unspecified atom stereocenters. The van der Waals surface area contributed by atoms with Crippen LogP contribution >= 0.6 is 0 Å². The fourth-order valence-electron chi connectivity index (χ4n) is 2.62. The van der Waals surface area contributed by atoms with Gasteiger partial charge in [-0.05, 0) is 42.8 Å². The van der Waals surface area contributed by atoms with E-state index in [-0.39, 0.29) is 5.82 Å². The molecule has 0 amide bonds. The molecule has 5 heteroatoms. The lowest BCUT2D eigenvalue weighted by Crippen LogP contribution is -1.87. The van der Waals surface area contributed by atoms with Gasteiger partial charge in [0, 0.05) is 16.5 Å². The van der Waals surface area contributed by atoms with Crippen LogP contribution in [-0.2, 0) is 0 Å². The zero-order valence-corrected chi connectivity index (χ0v) is 11.9. The number of aromatic nitrogens is 4. The number of hydrogen-bond donors (Lipinski definition) is 2. The molecule has 2 heterocycles. The van der Waals surface area contributed by atoms with E-state index >= 15 is 0 Å². The minimum Gasteiger partial charge on any atom is -0.344 e. The van der Waals surface area contributed by atoms with Crippen molar-refractivity contribution in [2.75, 3.05) is 0 Å². The van der Waals surface area contributed by atoms with Crippen molar-refractivity contribution in [3.05, 3.63) is 60.3 Å². The van der Waals surface area contributed by atoms with Crippen LogP contribution in [0.1, 0.15) is 5.56 Å². The first-order chi connectivity index (χ1) is 10.7. The van der Waals surface area contributed by atoms with Crippen molar-refractivity contribution in [1.82, 2.24) is 20.2 Å². The Labute approximate surface area is 126 Å². The number of nitrogens with zero attached hydrogens (tertiary/aromatic N) is 2. The highest BCUT2D eigenvalue weighted by Gasteiger charge is 2.12. The zero-order valence-electron chi connectivity index (χ0n) is 11.9. The van der Waals surface area contributed by atoms with Crippen LogP contribution in [0.15, 0.2) is 48.9 Å². The van der Waals surface area contributed by atoms with Crippen LogP contribution < -0.4 is 0 Å². The van der Waals surface area contributed by atoms with Crippen molar-refractivity contribution in [2.24, 2.45) is 0 Å². The number of H-pyrrole nitrogens is 2. The van der Waals surface area contributed by atoms with Gasteiger partial charge in [0.1, 0.15) is 5.82 Å². The first-order valence-corrected chi connectivity index (χ1v) is 6.96. The Kier molecular flexibility index (Phi) is 2.79. The molecule has 22 heavy (non-hydrogen) atoms. The molecule has 4 nitrogen and oxygen atoms in total. The highest BCUT2D eigenvalue weighted by atomic mass is 19.1. The van der Waals surface area contributed by atoms with Crippen LogP contribution in [0.25, 0.3) is 33.4 Å². The summed E-state index contributed by atoms with van der Waals surface area (Å²) in [5, 5.41) is 8.00. The normalized spacial score (nSPS) is 11.2. The summed E-state index contributed by atoms with van der Waals surface area (Å²) in [4.78, 5) is 7.58. The van der Waals surface area contributed by atoms with Gasteiger partial charge in [-0.1, -0.05) is 6.07 Å². The summed E-state index contributed by atoms with van der Waals surface area (Å²) in [6.45, 7) is 1.75. The summed E-state index contributed by atoms with van der Waals surface area (Å²) < 4.78 is 13.5. The third-order valence-corrected chi connectivity index (χ3v) is 3.80. The Balaban J connectivity index is 1.86. The molecular formula is C17H13FN4. The summed E-state index contributed by atoms with van der Waals surface area (Å²) in [5.41, 5.74) is 5.23. The molecule has 2 aromatic heterocycles. The van der Waals surface area contributed by atoms with E-state index in [0.717, 1.165) is 33.4 Å². The van der Waals surface area contributed by atoms with E-state index in [9.17, 15) is 4.39 Å². The number of imidazole rings is 1. The highest BCUT2D eigenvalue weighted by Crippen LogP contribution is 2.31. The van der Waals surface area contributed by atoms with Crippen molar-refractivity contribution < 1.29 is 4.39 Å². The fourth-order valence-corrected chi connectivity index (χ4v) is 2.62. The van der Waals surface area contributed by atoms with Crippen LogP contribution in [-0.4, -0.2) is 20.2 Å². The number of aromatic amines is 2. The van der Waals surface area contributed by atoms with Crippen LogP contribution in [0.2, 0.25) is 0 Å². The van der Waals surface area contributed by atoms with E-state index in [1.54, 1.807) is 25.5 Å². The summed E-state index contributed by atoms with van der Waals surface area (Å²) in [5.74, 6) is -0.208. The molecular weight excluding hydrogens is 279 g/mol. The van der Waals surface area contributed by atoms with Crippen molar-refractivity contribution in [2.45, 2.75) is 6.92 Å². The van der Waals surface area contributed by atoms with Gasteiger partial charge >= 0.3 is 0 Å². The lowest BCUT2D eigenvalue weighted by Gasteiger charge is -2.05. The predicted octanol–water partition coefficient (Wildman–Crippen LogP) is 4.07. The number of benzene rings is 2. The second-order valence-corrected chi connectivity index (χ2v) is 5.26. The first kappa shape index (κ1) is 12.8. The second-order valence-electron chi connectivity index (χ2n) is 5.26. The Morgan fingerprint density at radius 1 is 1.05 bits per heavy atom. The van der Waals surface area contributed by atoms with Gasteiger partial charge in [-0.3, -0.25) is 5.10 Å². The maximum Gasteiger partial charge on any atom is 0.126 e. The molecule has 2 N–H and O–H groups in total. The number of fused-ring (bicyclic) bond motifs is 1. The van der Waals surface area contributed by atoms with E-state index in [1.165, 1.54) is 6.07 Å². The monoisotopic (exact) mass is 292 g/mol. The zero-order chi connectivity index (χ0) is 15.1. The molecule has 0 radical (unpaired) electrons. The van der Waals surface area contributed by atoms with Gasteiger partial charge in [0.15, 0.2) is 0 Å². The third kappa shape index (κ3) is 1.98. The average molecular weight is 292 g/mol. The molecule has 0 fully saturated rings. The molecule has 0 aliphatic heterocycles. The topological polar surface area (TPSA) is 57.4 Å². The third-order valence-electron chi connectivity index (χ3n) is 3.80. The lowest BCUT2D eigenvalue weighted by molar-refractivity contribution is 0.619. The Hall–Kier alpha value is -2.95. The summed E-state index contributed by atoms with van der Waals surface area (Å²) in [6, 6.07) is 11.1. The quantitative estimate of drug-likeness (QED) is 0.585. The Morgan fingerprint density at radius 3 is 2.77 bits per heavy atom. The van der Waals surface area contributed by atoms with Gasteiger partial charge in [0.05, 0.1) is 29.4 Å². The molecule has 0 aliphatic carbocycles. The van der Waals surface area contributed by atoms with Gasteiger partial charge in [0.25, 0.3) is 0 Å². The Morgan fingerprint density at radius 2 is 1.91 bits per heavy atom. The fraction of sp³-hybridized carbons (Fsp3) is 0.0588. The molecule has 2 aromatic carbocycles. The maximum absolute atomic E-state index is 13.5. The van der Waals surface area contributed by atoms with E-state index in [4.69, 9.17) is 0 Å². The average Bonchev–Trinajstić information content (AvgIpc) is 3.17. The van der Waals surface area contributed by atoms with Gasteiger partial charge < -0.3 is 4.98 Å². The minimum atomic E-state index is -0.208. The molecule has 0 saturated heterocycles. The number of rotatable bonds is 2. The van der Waals surface area contributed by atoms with Crippen molar-refractivity contribution in [1.29, 1.82) is 0 Å². The SMILES string of the molecule is Cc1cc(-c2nc[nH]c2-c2ccc3[nH]ncc3c2)ccc1F. The van der Waals surface area contributed by atoms with Crippen molar-refractivity contribution in [3.8, 4) is 22.5 Å². The summed E-state index contributed by atoms with van der Waals surface area (Å²) in [7, 11) is 0. The molecule has 0 bridgehead atoms. The summed E-state index contributed by atoms with van der Waals surface area (Å²) in [6.07, 6.45) is 3.44. The maximum atomic E-state index is 13.5. The smallest absolute Gasteiger partial charge is 0.126 e. The molecule has 4 rings (SSSR count). The van der Waals surface area contributed by atoms with Crippen LogP contribution in [0, 0.1) is 12.7 Å². The van der Waals surface area contributed by atoms with Crippen LogP contribution in [0.3, 0.4) is 0 Å². The molecule has 4 aromatic rings. The highest BCUT2D eigenvalue weighted by molar-refractivity contribution is 5.87. The number of halogens is 1. The molecule has 0 atom stereocenters. The largest absolute Gasteiger partial charge is 0.344 e. The minimum absolute atomic E-state index is 0.208. The molecule has 108 valence electrons. The van der Waals surface area contributed by atoms with Gasteiger partial charge in [-0.15, -0.1) is 0 Å². The van der Waals surface area contributed by atoms with E-state index in [2.05, 4.69) is 20.2 Å². The number of nitrogens with one attached hydrogen (secondary N) is 2. The Bertz CT molecular complexity index is 968. The summed E-state index contributed by atoms with van der Waals surface area (Å²) >= 11 is 0. The second kappa shape index (κ2) is 4.80. The molecule has 0 saturated carbocycles. The molecule has 0 spiro atoms. The first-order valence-electron chi connectivity index (χ1n) is 6.96. The number of aryl methyl sites for hydroxylation is 1. The van der Waals surface area contributed by atoms with Crippen molar-refractivity contribution in [3.63, 3.8) is 0 Å². The van der Waals surface area contributed by atoms with Crippen LogP contribution in [0.5, 0.6) is 0 Å². The van der Waals surface area contributed by atoms with Gasteiger partial charge in [-0.2, -0.15) is 5.10 Å². The molecule has 0 aliphatic rings. The predicted molar refractivity (Wildman–Crippen MR) is 83.8 cm³/mol. The van der Waals surface area contributed by atoms with Gasteiger partial charge in [0.2, 0.25) is 0 Å². The van der Waals surface area contributed by atoms with E-state index in [1.807, 2.05) is 24.3 Å². The van der Waals surface area contributed by atoms with Crippen LogP contribution in [0.4, 0.5) is 4.39 Å². The van der Waals surface area contributed by atoms with E-state index < -0.39 is 0 Å². The van der Waals surface area contributed by atoms with E-state index in [0.29, 0.717) is 5.56 Å². The van der Waals surface area contributed by atoms with Crippen molar-refractivity contribution >= 4 is 10.9 Å². The lowest BCUT2D eigenvalue weighted by atomic mass is 10.0. The van der Waals surface area contributed by atoms with Gasteiger partial charge in [-0.25, -0.2) is 9.37 Å². The number of hydrogen-bond acceptors (Lipinski definition) is 2. The standard InChI is InChI=1S/C17H13FN4/c1-10-6-11(2-4-14(10)18)16-17(20-9-19-16)12-3-5-15-13(7-12)8-21-22-15/h2-9H,1H3,(H,19,20)(H,21,22).